The van der Waals surface area contributed by atoms with E-state index in [1.54, 1.807) is 0 Å². The summed E-state index contributed by atoms with van der Waals surface area (Å²) in [6, 6.07) is 15.9. The Morgan fingerprint density at radius 3 is 2.53 bits per heavy atom. The SMILES string of the molecule is C=Cc1c(/C=C\C)[nH]c2ccc(/C(=C/c3c(C)n(C(C)CC)c4ccccc34)C(=C)CC)cc12. The van der Waals surface area contributed by atoms with Crippen molar-refractivity contribution in [1.82, 2.24) is 9.55 Å². The van der Waals surface area contributed by atoms with Crippen LogP contribution in [0.4, 0.5) is 0 Å². The maximum atomic E-state index is 4.46. The Kier molecular flexibility index (Phi) is 6.79. The van der Waals surface area contributed by atoms with E-state index in [-0.39, 0.29) is 0 Å². The third-order valence-electron chi connectivity index (χ3n) is 7.05. The van der Waals surface area contributed by atoms with Crippen LogP contribution in [0, 0.1) is 6.92 Å². The second kappa shape index (κ2) is 9.77. The summed E-state index contributed by atoms with van der Waals surface area (Å²) in [5, 5.41) is 2.49. The van der Waals surface area contributed by atoms with Crippen LogP contribution in [0.25, 0.3) is 45.6 Å². The van der Waals surface area contributed by atoms with Gasteiger partial charge in [0.25, 0.3) is 0 Å². The van der Waals surface area contributed by atoms with Crippen LogP contribution in [0.15, 0.2) is 67.3 Å². The lowest BCUT2D eigenvalue weighted by Crippen LogP contribution is -2.05. The molecule has 2 heterocycles. The molecule has 1 N–H and O–H groups in total. The fourth-order valence-corrected chi connectivity index (χ4v) is 4.99. The molecule has 174 valence electrons. The van der Waals surface area contributed by atoms with Gasteiger partial charge in [-0.2, -0.15) is 0 Å². The van der Waals surface area contributed by atoms with Crippen LogP contribution < -0.4 is 0 Å². The number of aromatic nitrogens is 2. The van der Waals surface area contributed by atoms with Gasteiger partial charge in [-0.15, -0.1) is 0 Å². The lowest BCUT2D eigenvalue weighted by atomic mass is 9.93. The van der Waals surface area contributed by atoms with E-state index in [1.165, 1.54) is 38.7 Å². The van der Waals surface area contributed by atoms with Gasteiger partial charge in [0, 0.05) is 50.4 Å². The zero-order valence-electron chi connectivity index (χ0n) is 21.2. The van der Waals surface area contributed by atoms with Gasteiger partial charge >= 0.3 is 0 Å². The van der Waals surface area contributed by atoms with Crippen LogP contribution in [0.2, 0.25) is 0 Å². The molecule has 2 nitrogen and oxygen atoms in total. The number of aromatic amines is 1. The van der Waals surface area contributed by atoms with E-state index in [2.05, 4.69) is 111 Å². The Balaban J connectivity index is 1.97. The van der Waals surface area contributed by atoms with Gasteiger partial charge in [0.15, 0.2) is 0 Å². The van der Waals surface area contributed by atoms with Crippen molar-refractivity contribution in [2.24, 2.45) is 0 Å². The minimum absolute atomic E-state index is 0.446. The highest BCUT2D eigenvalue weighted by molar-refractivity contribution is 6.02. The summed E-state index contributed by atoms with van der Waals surface area (Å²) in [6.07, 6.45) is 10.5. The number of rotatable bonds is 8. The van der Waals surface area contributed by atoms with Crippen LogP contribution in [0.1, 0.15) is 74.7 Å². The highest BCUT2D eigenvalue weighted by Crippen LogP contribution is 2.36. The Morgan fingerprint density at radius 1 is 1.09 bits per heavy atom. The van der Waals surface area contributed by atoms with E-state index in [9.17, 15) is 0 Å². The maximum absolute atomic E-state index is 4.46. The summed E-state index contributed by atoms with van der Waals surface area (Å²) in [4.78, 5) is 3.53. The second-order valence-corrected chi connectivity index (χ2v) is 9.08. The lowest BCUT2D eigenvalue weighted by molar-refractivity contribution is 0.537. The normalized spacial score (nSPS) is 13.3. The number of nitrogens with zero attached hydrogens (tertiary/aromatic N) is 1. The molecule has 0 fully saturated rings. The van der Waals surface area contributed by atoms with E-state index in [0.717, 1.165) is 35.2 Å². The van der Waals surface area contributed by atoms with Gasteiger partial charge in [0.2, 0.25) is 0 Å². The standard InChI is InChI=1S/C32H36N2/c1-8-14-30-25(11-4)29-19-24(17-18-31(29)33-30)27(21(5)9-2)20-28-23(7)34(22(6)10-3)32-16-13-12-15-26(28)32/h8,11-20,22,33H,4-5,9-10H2,1-3,6-7H3/b14-8-,27-20+. The molecule has 2 heteroatoms. The second-order valence-electron chi connectivity index (χ2n) is 9.08. The molecule has 4 rings (SSSR count). The van der Waals surface area contributed by atoms with E-state index < -0.39 is 0 Å². The third-order valence-corrected chi connectivity index (χ3v) is 7.05. The summed E-state index contributed by atoms with van der Waals surface area (Å²) in [5.41, 5.74) is 10.8. The first kappa shape index (κ1) is 23.6. The summed E-state index contributed by atoms with van der Waals surface area (Å²) in [5.74, 6) is 0. The van der Waals surface area contributed by atoms with Crippen LogP contribution in [0.5, 0.6) is 0 Å². The van der Waals surface area contributed by atoms with Crippen molar-refractivity contribution in [3.8, 4) is 0 Å². The minimum atomic E-state index is 0.446. The lowest BCUT2D eigenvalue weighted by Gasteiger charge is -2.16. The largest absolute Gasteiger partial charge is 0.355 e. The van der Waals surface area contributed by atoms with Gasteiger partial charge in [-0.25, -0.2) is 0 Å². The molecule has 0 aliphatic carbocycles. The molecule has 4 aromatic rings. The molecule has 0 aliphatic rings. The summed E-state index contributed by atoms with van der Waals surface area (Å²) >= 11 is 0. The summed E-state index contributed by atoms with van der Waals surface area (Å²) in [7, 11) is 0. The number of para-hydroxylation sites is 1. The number of nitrogens with one attached hydrogen (secondary N) is 1. The number of hydrogen-bond acceptors (Lipinski definition) is 0. The Hall–Kier alpha value is -3.52. The Labute approximate surface area is 204 Å². The zero-order chi connectivity index (χ0) is 24.4. The molecule has 1 unspecified atom stereocenters. The fraction of sp³-hybridized carbons (Fsp3) is 0.250. The Bertz CT molecular complexity index is 1430. The number of hydrogen-bond donors (Lipinski definition) is 1. The smallest absolute Gasteiger partial charge is 0.0491 e. The topological polar surface area (TPSA) is 20.7 Å². The van der Waals surface area contributed by atoms with Gasteiger partial charge < -0.3 is 9.55 Å². The number of allylic oxidation sites excluding steroid dienone is 3. The van der Waals surface area contributed by atoms with E-state index in [1.807, 2.05) is 13.0 Å². The molecule has 0 radical (unpaired) electrons. The predicted octanol–water partition coefficient (Wildman–Crippen LogP) is 9.58. The van der Waals surface area contributed by atoms with Gasteiger partial charge in [0.05, 0.1) is 0 Å². The van der Waals surface area contributed by atoms with Crippen molar-refractivity contribution in [1.29, 1.82) is 0 Å². The van der Waals surface area contributed by atoms with E-state index in [0.29, 0.717) is 6.04 Å². The average Bonchev–Trinajstić information content (AvgIpc) is 3.34. The van der Waals surface area contributed by atoms with Crippen molar-refractivity contribution in [2.75, 3.05) is 0 Å². The predicted molar refractivity (Wildman–Crippen MR) is 152 cm³/mol. The minimum Gasteiger partial charge on any atom is -0.355 e. The summed E-state index contributed by atoms with van der Waals surface area (Å²) < 4.78 is 2.49. The fourth-order valence-electron chi connectivity index (χ4n) is 4.99. The quantitative estimate of drug-likeness (QED) is 0.259. The first-order valence-electron chi connectivity index (χ1n) is 12.4. The number of fused-ring (bicyclic) bond motifs is 2. The van der Waals surface area contributed by atoms with Crippen molar-refractivity contribution in [3.63, 3.8) is 0 Å². The highest BCUT2D eigenvalue weighted by atomic mass is 15.0. The molecule has 0 saturated heterocycles. The average molecular weight is 449 g/mol. The van der Waals surface area contributed by atoms with Crippen molar-refractivity contribution >= 4 is 45.6 Å². The molecular weight excluding hydrogens is 412 g/mol. The van der Waals surface area contributed by atoms with Crippen LogP contribution >= 0.6 is 0 Å². The van der Waals surface area contributed by atoms with Crippen molar-refractivity contribution in [3.05, 3.63) is 95.3 Å². The molecule has 0 bridgehead atoms. The van der Waals surface area contributed by atoms with Gasteiger partial charge in [-0.05, 0) is 80.7 Å². The number of H-pyrrole nitrogens is 1. The molecule has 34 heavy (non-hydrogen) atoms. The molecule has 1 atom stereocenters. The van der Waals surface area contributed by atoms with Crippen LogP contribution in [-0.2, 0) is 0 Å². The first-order valence-corrected chi connectivity index (χ1v) is 12.4. The molecule has 0 amide bonds. The van der Waals surface area contributed by atoms with Crippen molar-refractivity contribution in [2.45, 2.75) is 53.5 Å². The van der Waals surface area contributed by atoms with Gasteiger partial charge in [-0.1, -0.05) is 63.4 Å². The van der Waals surface area contributed by atoms with Crippen molar-refractivity contribution < 1.29 is 0 Å². The van der Waals surface area contributed by atoms with E-state index >= 15 is 0 Å². The number of benzene rings is 2. The summed E-state index contributed by atoms with van der Waals surface area (Å²) in [6.45, 7) is 19.6. The first-order chi connectivity index (χ1) is 16.4. The molecule has 2 aromatic carbocycles. The monoisotopic (exact) mass is 448 g/mol. The molecule has 0 saturated carbocycles. The van der Waals surface area contributed by atoms with Crippen LogP contribution in [-0.4, -0.2) is 9.55 Å². The molecule has 2 aromatic heterocycles. The Morgan fingerprint density at radius 2 is 1.85 bits per heavy atom. The van der Waals surface area contributed by atoms with E-state index in [4.69, 9.17) is 0 Å². The third kappa shape index (κ3) is 3.98. The zero-order valence-corrected chi connectivity index (χ0v) is 21.2. The highest BCUT2D eigenvalue weighted by Gasteiger charge is 2.18. The molecular formula is C32H36N2. The molecule has 0 aliphatic heterocycles. The van der Waals surface area contributed by atoms with Gasteiger partial charge in [0.1, 0.15) is 0 Å². The maximum Gasteiger partial charge on any atom is 0.0491 e. The molecule has 0 spiro atoms. The van der Waals surface area contributed by atoms with Gasteiger partial charge in [-0.3, -0.25) is 0 Å². The van der Waals surface area contributed by atoms with Crippen LogP contribution in [0.3, 0.4) is 0 Å².